The summed E-state index contributed by atoms with van der Waals surface area (Å²) < 4.78 is 0. The van der Waals surface area contributed by atoms with Gasteiger partial charge in [-0.3, -0.25) is 20.4 Å². The molecule has 4 N–H and O–H groups in total. The van der Waals surface area contributed by atoms with Crippen LogP contribution in [0.3, 0.4) is 0 Å². The monoisotopic (exact) mass is 423 g/mol. The maximum atomic E-state index is 12.5. The molecule has 1 unspecified atom stereocenters. The molecule has 2 aromatic rings. The fourth-order valence-corrected chi connectivity index (χ4v) is 2.83. The Balaban J connectivity index is 2.13. The van der Waals surface area contributed by atoms with Crippen molar-refractivity contribution in [2.45, 2.75) is 19.1 Å². The van der Waals surface area contributed by atoms with Gasteiger partial charge in [0.2, 0.25) is 0 Å². The third-order valence-corrected chi connectivity index (χ3v) is 4.56. The Morgan fingerprint density at radius 3 is 2.33 bits per heavy atom. The molecule has 0 aromatic heterocycles. The lowest BCUT2D eigenvalue weighted by Crippen LogP contribution is -2.52. The highest BCUT2D eigenvalue weighted by atomic mass is 35.5. The number of aliphatic hydroxyl groups is 1. The maximum absolute atomic E-state index is 12.5. The van der Waals surface area contributed by atoms with E-state index in [0.29, 0.717) is 16.8 Å². The molecule has 2 amide bonds. The number of anilines is 1. The van der Waals surface area contributed by atoms with Crippen LogP contribution in [0.1, 0.15) is 34.0 Å². The third kappa shape index (κ3) is 5.15. The topological polar surface area (TPSA) is 138 Å². The Hall–Kier alpha value is -3.85. The standard InChI is InChI=1S/C21H18ClN5O3/c1-3-16-17(9-8-15(11-24)18(16)22)25-19(12(2)28)21(30)27-26-20(29)14-6-4-13(10-23)5-7-14/h3-9,12,19,25,28H,1H2,2H3,(H,26,29)(H,27,30)/t12-,19?/m0/s1. The van der Waals surface area contributed by atoms with Crippen molar-refractivity contribution >= 4 is 35.2 Å². The Kier molecular flexibility index (Phi) is 7.54. The van der Waals surface area contributed by atoms with Gasteiger partial charge < -0.3 is 10.4 Å². The van der Waals surface area contributed by atoms with Crippen molar-refractivity contribution in [3.63, 3.8) is 0 Å². The first-order chi connectivity index (χ1) is 14.3. The summed E-state index contributed by atoms with van der Waals surface area (Å²) >= 11 is 6.18. The lowest BCUT2D eigenvalue weighted by atomic mass is 10.1. The van der Waals surface area contributed by atoms with Crippen molar-refractivity contribution in [1.29, 1.82) is 10.5 Å². The number of nitrogens with zero attached hydrogens (tertiary/aromatic N) is 2. The zero-order valence-corrected chi connectivity index (χ0v) is 16.7. The molecule has 0 fully saturated rings. The van der Waals surface area contributed by atoms with E-state index < -0.39 is 24.0 Å². The molecule has 0 bridgehead atoms. The summed E-state index contributed by atoms with van der Waals surface area (Å²) in [7, 11) is 0. The van der Waals surface area contributed by atoms with Gasteiger partial charge in [0.05, 0.1) is 28.3 Å². The van der Waals surface area contributed by atoms with Crippen LogP contribution in [0.2, 0.25) is 5.02 Å². The van der Waals surface area contributed by atoms with Crippen molar-refractivity contribution in [3.05, 3.63) is 70.3 Å². The Morgan fingerprint density at radius 2 is 1.80 bits per heavy atom. The largest absolute Gasteiger partial charge is 0.391 e. The number of aliphatic hydroxyl groups excluding tert-OH is 1. The molecular weight excluding hydrogens is 406 g/mol. The number of amides is 2. The number of hydrazine groups is 1. The lowest BCUT2D eigenvalue weighted by Gasteiger charge is -2.23. The van der Waals surface area contributed by atoms with Crippen LogP contribution >= 0.6 is 11.6 Å². The number of nitriles is 2. The quantitative estimate of drug-likeness (QED) is 0.526. The first-order valence-corrected chi connectivity index (χ1v) is 9.10. The van der Waals surface area contributed by atoms with Gasteiger partial charge in [-0.25, -0.2) is 0 Å². The van der Waals surface area contributed by atoms with E-state index in [1.54, 1.807) is 6.07 Å². The van der Waals surface area contributed by atoms with Crippen molar-refractivity contribution in [2.75, 3.05) is 5.32 Å². The average molecular weight is 424 g/mol. The van der Waals surface area contributed by atoms with Crippen LogP contribution in [0.25, 0.3) is 6.08 Å². The first-order valence-electron chi connectivity index (χ1n) is 8.72. The zero-order chi connectivity index (χ0) is 22.3. The molecule has 0 saturated heterocycles. The molecule has 2 aromatic carbocycles. The van der Waals surface area contributed by atoms with E-state index in [0.717, 1.165) is 0 Å². The SMILES string of the molecule is C=Cc1c(NC(C(=O)NNC(=O)c2ccc(C#N)cc2)[C@H](C)O)ccc(C#N)c1Cl. The molecule has 0 saturated carbocycles. The molecule has 2 rings (SSSR count). The van der Waals surface area contributed by atoms with Gasteiger partial charge in [-0.15, -0.1) is 0 Å². The first kappa shape index (κ1) is 22.4. The van der Waals surface area contributed by atoms with Gasteiger partial charge in [0, 0.05) is 16.8 Å². The predicted octanol–water partition coefficient (Wildman–Crippen LogP) is 2.35. The van der Waals surface area contributed by atoms with Crippen LogP contribution in [-0.2, 0) is 4.79 Å². The minimum Gasteiger partial charge on any atom is -0.391 e. The molecule has 0 aliphatic rings. The van der Waals surface area contributed by atoms with Gasteiger partial charge in [0.25, 0.3) is 11.8 Å². The van der Waals surface area contributed by atoms with Crippen molar-refractivity contribution in [2.24, 2.45) is 0 Å². The van der Waals surface area contributed by atoms with Crippen LogP contribution in [-0.4, -0.2) is 29.1 Å². The molecule has 8 nitrogen and oxygen atoms in total. The number of hydrogen-bond donors (Lipinski definition) is 4. The van der Waals surface area contributed by atoms with Crippen LogP contribution in [0, 0.1) is 22.7 Å². The molecule has 0 radical (unpaired) electrons. The number of nitrogens with one attached hydrogen (secondary N) is 3. The van der Waals surface area contributed by atoms with E-state index >= 15 is 0 Å². The van der Waals surface area contributed by atoms with Gasteiger partial charge in [0.1, 0.15) is 12.1 Å². The number of carbonyl (C=O) groups excluding carboxylic acids is 2. The zero-order valence-electron chi connectivity index (χ0n) is 15.9. The maximum Gasteiger partial charge on any atom is 0.269 e. The molecule has 0 aliphatic heterocycles. The molecule has 0 heterocycles. The van der Waals surface area contributed by atoms with E-state index in [1.807, 2.05) is 12.1 Å². The summed E-state index contributed by atoms with van der Waals surface area (Å²) in [5.74, 6) is -1.30. The van der Waals surface area contributed by atoms with E-state index in [-0.39, 0.29) is 16.1 Å². The van der Waals surface area contributed by atoms with Gasteiger partial charge in [0.15, 0.2) is 0 Å². The van der Waals surface area contributed by atoms with Gasteiger partial charge >= 0.3 is 0 Å². The second-order valence-corrected chi connectivity index (χ2v) is 6.58. The molecule has 0 spiro atoms. The van der Waals surface area contributed by atoms with Crippen molar-refractivity contribution in [1.82, 2.24) is 10.9 Å². The van der Waals surface area contributed by atoms with Gasteiger partial charge in [-0.1, -0.05) is 24.3 Å². The van der Waals surface area contributed by atoms with Crippen LogP contribution in [0.15, 0.2) is 43.0 Å². The molecular formula is C21H18ClN5O3. The van der Waals surface area contributed by atoms with Crippen molar-refractivity contribution < 1.29 is 14.7 Å². The Labute approximate surface area is 178 Å². The number of halogens is 1. The van der Waals surface area contributed by atoms with E-state index in [2.05, 4.69) is 22.7 Å². The third-order valence-electron chi connectivity index (χ3n) is 4.16. The Bertz CT molecular complexity index is 1050. The molecule has 30 heavy (non-hydrogen) atoms. The van der Waals surface area contributed by atoms with Crippen LogP contribution in [0.4, 0.5) is 5.69 Å². The number of rotatable bonds is 6. The van der Waals surface area contributed by atoms with E-state index in [4.69, 9.17) is 22.1 Å². The van der Waals surface area contributed by atoms with Crippen LogP contribution in [0.5, 0.6) is 0 Å². The minimum absolute atomic E-state index is 0.163. The van der Waals surface area contributed by atoms with E-state index in [9.17, 15) is 14.7 Å². The summed E-state index contributed by atoms with van der Waals surface area (Å²) in [6.07, 6.45) is 0.291. The summed E-state index contributed by atoms with van der Waals surface area (Å²) in [4.78, 5) is 24.7. The van der Waals surface area contributed by atoms with Crippen molar-refractivity contribution in [3.8, 4) is 12.1 Å². The summed E-state index contributed by atoms with van der Waals surface area (Å²) in [6, 6.07) is 11.6. The highest BCUT2D eigenvalue weighted by Crippen LogP contribution is 2.29. The lowest BCUT2D eigenvalue weighted by molar-refractivity contribution is -0.124. The number of benzene rings is 2. The summed E-state index contributed by atoms with van der Waals surface area (Å²) in [6.45, 7) is 5.06. The average Bonchev–Trinajstić information content (AvgIpc) is 2.75. The summed E-state index contributed by atoms with van der Waals surface area (Å²) in [5.41, 5.74) is 6.16. The fourth-order valence-electron chi connectivity index (χ4n) is 2.54. The normalized spacial score (nSPS) is 11.9. The fraction of sp³-hybridized carbons (Fsp3) is 0.143. The molecule has 9 heteroatoms. The highest BCUT2D eigenvalue weighted by Gasteiger charge is 2.25. The second-order valence-electron chi connectivity index (χ2n) is 6.20. The van der Waals surface area contributed by atoms with Gasteiger partial charge in [-0.05, 0) is 43.3 Å². The molecule has 152 valence electrons. The highest BCUT2D eigenvalue weighted by molar-refractivity contribution is 6.33. The number of hydrogen-bond acceptors (Lipinski definition) is 6. The van der Waals surface area contributed by atoms with Gasteiger partial charge in [-0.2, -0.15) is 10.5 Å². The second kappa shape index (κ2) is 10.1. The summed E-state index contributed by atoms with van der Waals surface area (Å²) in [5, 5.41) is 30.9. The Morgan fingerprint density at radius 1 is 1.13 bits per heavy atom. The smallest absolute Gasteiger partial charge is 0.269 e. The number of carbonyl (C=O) groups is 2. The molecule has 2 atom stereocenters. The predicted molar refractivity (Wildman–Crippen MR) is 112 cm³/mol. The minimum atomic E-state index is -1.14. The van der Waals surface area contributed by atoms with Crippen LogP contribution < -0.4 is 16.2 Å². The molecule has 0 aliphatic carbocycles. The van der Waals surface area contributed by atoms with E-state index in [1.165, 1.54) is 43.3 Å².